The highest BCUT2D eigenvalue weighted by molar-refractivity contribution is 5.95. The van der Waals surface area contributed by atoms with Crippen molar-refractivity contribution in [3.8, 4) is 11.5 Å². The van der Waals surface area contributed by atoms with Crippen LogP contribution in [0.4, 0.5) is 0 Å². The van der Waals surface area contributed by atoms with E-state index >= 15 is 0 Å². The van der Waals surface area contributed by atoms with Gasteiger partial charge in [0.25, 0.3) is 5.91 Å². The Bertz CT molecular complexity index is 838. The van der Waals surface area contributed by atoms with Crippen molar-refractivity contribution in [2.24, 2.45) is 0 Å². The maximum Gasteiger partial charge on any atom is 0.341 e. The number of para-hydroxylation sites is 1. The van der Waals surface area contributed by atoms with E-state index in [1.165, 1.54) is 0 Å². The molecular weight excluding hydrogens is 346 g/mol. The molecule has 0 aliphatic carbocycles. The molecule has 0 radical (unpaired) electrons. The molecule has 27 heavy (non-hydrogen) atoms. The number of hydrogen-bond acceptors (Lipinski definition) is 4. The molecule has 0 aromatic heterocycles. The molecule has 142 valence electrons. The lowest BCUT2D eigenvalue weighted by atomic mass is 9.93. The van der Waals surface area contributed by atoms with Crippen molar-refractivity contribution in [3.05, 3.63) is 58.7 Å². The van der Waals surface area contributed by atoms with Gasteiger partial charge in [-0.3, -0.25) is 4.79 Å². The Kier molecular flexibility index (Phi) is 5.64. The smallest absolute Gasteiger partial charge is 0.341 e. The molecule has 6 nitrogen and oxygen atoms in total. The normalized spacial score (nSPS) is 15.4. The molecule has 0 bridgehead atoms. The van der Waals surface area contributed by atoms with Crippen LogP contribution in [0, 0.1) is 13.8 Å². The number of ether oxygens (including phenoxy) is 2. The van der Waals surface area contributed by atoms with Crippen LogP contribution in [0.5, 0.6) is 11.5 Å². The first kappa shape index (κ1) is 18.8. The monoisotopic (exact) mass is 369 g/mol. The number of aliphatic carboxylic acids is 1. The average Bonchev–Trinajstić information content (AvgIpc) is 2.65. The van der Waals surface area contributed by atoms with Gasteiger partial charge in [-0.05, 0) is 55.2 Å². The molecule has 1 atom stereocenters. The van der Waals surface area contributed by atoms with E-state index in [1.54, 1.807) is 26.0 Å². The summed E-state index contributed by atoms with van der Waals surface area (Å²) < 4.78 is 11.0. The zero-order valence-electron chi connectivity index (χ0n) is 15.5. The maximum absolute atomic E-state index is 12.6. The van der Waals surface area contributed by atoms with Gasteiger partial charge >= 0.3 is 5.97 Å². The SMILES string of the molecule is Cc1cc(C(=O)NCC2CCOc3ccccc32)cc(C)c1OCC(=O)O. The minimum atomic E-state index is -1.03. The minimum Gasteiger partial charge on any atom is -0.493 e. The van der Waals surface area contributed by atoms with Crippen molar-refractivity contribution < 1.29 is 24.2 Å². The predicted octanol–water partition coefficient (Wildman–Crippen LogP) is 3.06. The van der Waals surface area contributed by atoms with Gasteiger partial charge in [-0.15, -0.1) is 0 Å². The Hall–Kier alpha value is -3.02. The fourth-order valence-electron chi connectivity index (χ4n) is 3.39. The predicted molar refractivity (Wildman–Crippen MR) is 101 cm³/mol. The summed E-state index contributed by atoms with van der Waals surface area (Å²) in [6.07, 6.45) is 0.858. The first-order valence-electron chi connectivity index (χ1n) is 8.91. The molecule has 6 heteroatoms. The van der Waals surface area contributed by atoms with Crippen molar-refractivity contribution in [3.63, 3.8) is 0 Å². The highest BCUT2D eigenvalue weighted by Crippen LogP contribution is 2.33. The van der Waals surface area contributed by atoms with Gasteiger partial charge in [-0.2, -0.15) is 0 Å². The van der Waals surface area contributed by atoms with E-state index in [0.29, 0.717) is 24.5 Å². The van der Waals surface area contributed by atoms with Crippen LogP contribution in [0.2, 0.25) is 0 Å². The van der Waals surface area contributed by atoms with Crippen molar-refractivity contribution in [2.75, 3.05) is 19.8 Å². The van der Waals surface area contributed by atoms with Crippen LogP contribution < -0.4 is 14.8 Å². The largest absolute Gasteiger partial charge is 0.493 e. The molecule has 0 saturated carbocycles. The molecule has 0 fully saturated rings. The number of carbonyl (C=O) groups is 2. The van der Waals surface area contributed by atoms with Crippen molar-refractivity contribution in [2.45, 2.75) is 26.2 Å². The summed E-state index contributed by atoms with van der Waals surface area (Å²) in [4.78, 5) is 23.3. The molecule has 1 aliphatic rings. The zero-order chi connectivity index (χ0) is 19.4. The Labute approximate surface area is 158 Å². The second-order valence-corrected chi connectivity index (χ2v) is 6.70. The lowest BCUT2D eigenvalue weighted by Gasteiger charge is -2.26. The van der Waals surface area contributed by atoms with Crippen LogP contribution in [-0.4, -0.2) is 36.7 Å². The number of benzene rings is 2. The first-order chi connectivity index (χ1) is 13.0. The summed E-state index contributed by atoms with van der Waals surface area (Å²) in [6, 6.07) is 11.3. The van der Waals surface area contributed by atoms with E-state index in [4.69, 9.17) is 14.6 Å². The molecule has 2 aromatic carbocycles. The Balaban J connectivity index is 1.68. The standard InChI is InChI=1S/C21H23NO5/c1-13-9-16(10-14(2)20(13)27-12-19(23)24)21(25)22-11-15-7-8-26-18-6-4-3-5-17(15)18/h3-6,9-10,15H,7-8,11-12H2,1-2H3,(H,22,25)(H,23,24). The lowest BCUT2D eigenvalue weighted by Crippen LogP contribution is -2.30. The topological polar surface area (TPSA) is 84.9 Å². The number of fused-ring (bicyclic) bond motifs is 1. The molecule has 1 unspecified atom stereocenters. The summed E-state index contributed by atoms with van der Waals surface area (Å²) in [5.74, 6) is 0.420. The molecule has 1 heterocycles. The summed E-state index contributed by atoms with van der Waals surface area (Å²) >= 11 is 0. The van der Waals surface area contributed by atoms with E-state index in [0.717, 1.165) is 28.9 Å². The second-order valence-electron chi connectivity index (χ2n) is 6.70. The van der Waals surface area contributed by atoms with E-state index < -0.39 is 12.6 Å². The number of carboxylic acids is 1. The Morgan fingerprint density at radius 1 is 1.22 bits per heavy atom. The van der Waals surface area contributed by atoms with E-state index in [-0.39, 0.29) is 11.8 Å². The number of rotatable bonds is 6. The molecule has 1 aliphatic heterocycles. The van der Waals surface area contributed by atoms with E-state index in [2.05, 4.69) is 5.32 Å². The van der Waals surface area contributed by atoms with Crippen LogP contribution in [-0.2, 0) is 4.79 Å². The summed E-state index contributed by atoms with van der Waals surface area (Å²) in [5.41, 5.74) is 3.12. The van der Waals surface area contributed by atoms with Gasteiger partial charge in [0.05, 0.1) is 6.61 Å². The van der Waals surface area contributed by atoms with Crippen molar-refractivity contribution in [1.82, 2.24) is 5.32 Å². The molecule has 1 amide bonds. The molecular formula is C21H23NO5. The third-order valence-electron chi connectivity index (χ3n) is 4.65. The number of amides is 1. The first-order valence-corrected chi connectivity index (χ1v) is 8.91. The fraction of sp³-hybridized carbons (Fsp3) is 0.333. The Morgan fingerprint density at radius 3 is 2.63 bits per heavy atom. The van der Waals surface area contributed by atoms with Crippen LogP contribution in [0.25, 0.3) is 0 Å². The summed E-state index contributed by atoms with van der Waals surface area (Å²) in [6.45, 7) is 4.38. The molecule has 0 spiro atoms. The third-order valence-corrected chi connectivity index (χ3v) is 4.65. The summed E-state index contributed by atoms with van der Waals surface area (Å²) in [7, 11) is 0. The number of aryl methyl sites for hydroxylation is 2. The second kappa shape index (κ2) is 8.12. The Morgan fingerprint density at radius 2 is 1.93 bits per heavy atom. The van der Waals surface area contributed by atoms with Gasteiger partial charge in [0.1, 0.15) is 11.5 Å². The van der Waals surface area contributed by atoms with Crippen LogP contribution in [0.1, 0.15) is 39.4 Å². The van der Waals surface area contributed by atoms with Crippen molar-refractivity contribution >= 4 is 11.9 Å². The number of nitrogens with one attached hydrogen (secondary N) is 1. The van der Waals surface area contributed by atoms with Gasteiger partial charge in [0.2, 0.25) is 0 Å². The highest BCUT2D eigenvalue weighted by Gasteiger charge is 2.22. The van der Waals surface area contributed by atoms with Crippen molar-refractivity contribution in [1.29, 1.82) is 0 Å². The molecule has 0 saturated heterocycles. The van der Waals surface area contributed by atoms with Gasteiger partial charge < -0.3 is 19.9 Å². The number of carbonyl (C=O) groups excluding carboxylic acids is 1. The van der Waals surface area contributed by atoms with Gasteiger partial charge in [0.15, 0.2) is 6.61 Å². The lowest BCUT2D eigenvalue weighted by molar-refractivity contribution is -0.139. The number of carboxylic acid groups (broad SMARTS) is 1. The van der Waals surface area contributed by atoms with Gasteiger partial charge in [-0.25, -0.2) is 4.79 Å². The molecule has 3 rings (SSSR count). The average molecular weight is 369 g/mol. The van der Waals surface area contributed by atoms with E-state index in [9.17, 15) is 9.59 Å². The highest BCUT2D eigenvalue weighted by atomic mass is 16.5. The van der Waals surface area contributed by atoms with Gasteiger partial charge in [0, 0.05) is 18.0 Å². The number of hydrogen-bond donors (Lipinski definition) is 2. The minimum absolute atomic E-state index is 0.157. The van der Waals surface area contributed by atoms with Crippen LogP contribution in [0.15, 0.2) is 36.4 Å². The van der Waals surface area contributed by atoms with E-state index in [1.807, 2.05) is 24.3 Å². The summed E-state index contributed by atoms with van der Waals surface area (Å²) in [5, 5.41) is 11.8. The maximum atomic E-state index is 12.6. The quantitative estimate of drug-likeness (QED) is 0.817. The zero-order valence-corrected chi connectivity index (χ0v) is 15.5. The molecule has 2 aromatic rings. The fourth-order valence-corrected chi connectivity index (χ4v) is 3.39. The van der Waals surface area contributed by atoms with Crippen LogP contribution in [0.3, 0.4) is 0 Å². The van der Waals surface area contributed by atoms with Gasteiger partial charge in [-0.1, -0.05) is 18.2 Å². The molecule has 2 N–H and O–H groups in total. The van der Waals surface area contributed by atoms with Crippen LogP contribution >= 0.6 is 0 Å². The third kappa shape index (κ3) is 4.39.